The van der Waals surface area contributed by atoms with Crippen LogP contribution in [0.2, 0.25) is 0 Å². The summed E-state index contributed by atoms with van der Waals surface area (Å²) in [6.07, 6.45) is 0. The molecule has 0 bridgehead atoms. The van der Waals surface area contributed by atoms with Gasteiger partial charge in [-0.25, -0.2) is 0 Å². The number of fused-ring (bicyclic) bond motifs is 2. The number of anilines is 1. The van der Waals surface area contributed by atoms with Gasteiger partial charge in [0.1, 0.15) is 0 Å². The molecule has 0 N–H and O–H groups in total. The summed E-state index contributed by atoms with van der Waals surface area (Å²) in [6.45, 7) is 1.41. The monoisotopic (exact) mass is 357 g/mol. The van der Waals surface area contributed by atoms with Crippen LogP contribution in [-0.4, -0.2) is 24.5 Å². The van der Waals surface area contributed by atoms with E-state index < -0.39 is 0 Å². The number of hydrogen-bond acceptors (Lipinski definition) is 3. The summed E-state index contributed by atoms with van der Waals surface area (Å²) in [5.41, 5.74) is 1.80. The topological polar surface area (TPSA) is 54.5 Å². The van der Waals surface area contributed by atoms with Gasteiger partial charge >= 0.3 is 0 Å². The number of carbonyl (C=O) groups is 3. The number of amides is 1. The molecule has 0 aromatic heterocycles. The lowest BCUT2D eigenvalue weighted by atomic mass is 9.83. The second-order valence-electron chi connectivity index (χ2n) is 5.10. The molecule has 1 amide bonds. The van der Waals surface area contributed by atoms with Crippen molar-refractivity contribution in [3.63, 3.8) is 0 Å². The maximum Gasteiger partial charge on any atom is 0.223 e. The second-order valence-corrected chi connectivity index (χ2v) is 5.95. The van der Waals surface area contributed by atoms with Crippen LogP contribution in [0.1, 0.15) is 38.8 Å². The zero-order chi connectivity index (χ0) is 16.0. The molecule has 2 aromatic carbocycles. The third-order valence-electron chi connectivity index (χ3n) is 3.82. The Balaban J connectivity index is 2.34. The number of nitrogens with zero attached hydrogens (tertiary/aromatic N) is 1. The van der Waals surface area contributed by atoms with E-state index in [-0.39, 0.29) is 23.0 Å². The molecule has 110 valence electrons. The first-order valence-corrected chi connectivity index (χ1v) is 7.48. The predicted molar refractivity (Wildman–Crippen MR) is 86.5 cm³/mol. The van der Waals surface area contributed by atoms with Gasteiger partial charge in [0.2, 0.25) is 5.91 Å². The van der Waals surface area contributed by atoms with E-state index >= 15 is 0 Å². The van der Waals surface area contributed by atoms with Crippen molar-refractivity contribution in [3.8, 4) is 0 Å². The van der Waals surface area contributed by atoms with Crippen molar-refractivity contribution in [3.05, 3.63) is 63.1 Å². The molecule has 1 aliphatic rings. The molecule has 0 saturated heterocycles. The SMILES string of the molecule is CC(=O)N(C)c1c(Br)ccc2c1C(=O)c1ccccc1C2=O. The average Bonchev–Trinajstić information content (AvgIpc) is 2.51. The Morgan fingerprint density at radius 1 is 0.955 bits per heavy atom. The van der Waals surface area contributed by atoms with Gasteiger partial charge < -0.3 is 4.90 Å². The van der Waals surface area contributed by atoms with Crippen LogP contribution in [0, 0.1) is 0 Å². The molecule has 0 heterocycles. The summed E-state index contributed by atoms with van der Waals surface area (Å²) in [6, 6.07) is 10.0. The summed E-state index contributed by atoms with van der Waals surface area (Å²) >= 11 is 3.37. The van der Waals surface area contributed by atoms with Gasteiger partial charge in [-0.15, -0.1) is 0 Å². The molecule has 1 aliphatic carbocycles. The molecule has 4 nitrogen and oxygen atoms in total. The zero-order valence-corrected chi connectivity index (χ0v) is 13.6. The van der Waals surface area contributed by atoms with E-state index in [0.717, 1.165) is 0 Å². The molecule has 0 unspecified atom stereocenters. The van der Waals surface area contributed by atoms with Gasteiger partial charge in [-0.2, -0.15) is 0 Å². The maximum atomic E-state index is 12.8. The third-order valence-corrected chi connectivity index (χ3v) is 4.46. The number of ketones is 2. The molecule has 0 saturated carbocycles. The average molecular weight is 358 g/mol. The molecule has 3 rings (SSSR count). The maximum absolute atomic E-state index is 12.8. The van der Waals surface area contributed by atoms with Crippen molar-refractivity contribution in [2.24, 2.45) is 0 Å². The molecule has 0 fully saturated rings. The number of carbonyl (C=O) groups excluding carboxylic acids is 3. The fourth-order valence-electron chi connectivity index (χ4n) is 2.63. The summed E-state index contributed by atoms with van der Waals surface area (Å²) < 4.78 is 0.601. The Bertz CT molecular complexity index is 842. The van der Waals surface area contributed by atoms with E-state index in [1.54, 1.807) is 43.4 Å². The van der Waals surface area contributed by atoms with Gasteiger partial charge in [0, 0.05) is 35.1 Å². The first-order chi connectivity index (χ1) is 10.4. The minimum Gasteiger partial charge on any atom is -0.314 e. The third kappa shape index (κ3) is 2.01. The van der Waals surface area contributed by atoms with Gasteiger partial charge in [-0.1, -0.05) is 24.3 Å². The van der Waals surface area contributed by atoms with E-state index in [1.807, 2.05) is 0 Å². The van der Waals surface area contributed by atoms with Crippen LogP contribution < -0.4 is 4.90 Å². The quantitative estimate of drug-likeness (QED) is 0.671. The van der Waals surface area contributed by atoms with Gasteiger partial charge in [0.15, 0.2) is 11.6 Å². The van der Waals surface area contributed by atoms with Crippen molar-refractivity contribution in [1.29, 1.82) is 0 Å². The van der Waals surface area contributed by atoms with Gasteiger partial charge in [0.25, 0.3) is 0 Å². The highest BCUT2D eigenvalue weighted by molar-refractivity contribution is 9.10. The Labute approximate surface area is 135 Å². The summed E-state index contributed by atoms with van der Waals surface area (Å²) in [5, 5.41) is 0. The van der Waals surface area contributed by atoms with Gasteiger partial charge in [-0.05, 0) is 28.1 Å². The van der Waals surface area contributed by atoms with E-state index in [1.165, 1.54) is 11.8 Å². The van der Waals surface area contributed by atoms with Crippen LogP contribution in [0.5, 0.6) is 0 Å². The highest BCUT2D eigenvalue weighted by Gasteiger charge is 2.33. The Morgan fingerprint density at radius 3 is 2.14 bits per heavy atom. The Morgan fingerprint density at radius 2 is 1.55 bits per heavy atom. The summed E-state index contributed by atoms with van der Waals surface area (Å²) in [4.78, 5) is 38.6. The van der Waals surface area contributed by atoms with Crippen molar-refractivity contribution < 1.29 is 14.4 Å². The van der Waals surface area contributed by atoms with Crippen LogP contribution in [0.3, 0.4) is 0 Å². The normalized spacial score (nSPS) is 12.7. The van der Waals surface area contributed by atoms with Crippen LogP contribution in [-0.2, 0) is 4.79 Å². The molecule has 0 spiro atoms. The smallest absolute Gasteiger partial charge is 0.223 e. The Hall–Kier alpha value is -2.27. The van der Waals surface area contributed by atoms with Crippen LogP contribution in [0.15, 0.2) is 40.9 Å². The number of rotatable bonds is 1. The van der Waals surface area contributed by atoms with Crippen LogP contribution in [0.25, 0.3) is 0 Å². The van der Waals surface area contributed by atoms with Crippen LogP contribution >= 0.6 is 15.9 Å². The fraction of sp³-hybridized carbons (Fsp3) is 0.118. The zero-order valence-electron chi connectivity index (χ0n) is 12.0. The molecular formula is C17H12BrNO3. The molecule has 0 atom stereocenters. The fourth-order valence-corrected chi connectivity index (χ4v) is 3.23. The summed E-state index contributed by atoms with van der Waals surface area (Å²) in [5.74, 6) is -0.654. The van der Waals surface area contributed by atoms with Gasteiger partial charge in [0.05, 0.1) is 11.3 Å². The second kappa shape index (κ2) is 5.18. The standard InChI is InChI=1S/C17H12BrNO3/c1-9(20)19(2)15-13(18)8-7-12-14(15)17(22)11-6-4-3-5-10(11)16(12)21/h3-8H,1-2H3. The highest BCUT2D eigenvalue weighted by atomic mass is 79.9. The Kier molecular flexibility index (Phi) is 3.45. The number of halogens is 1. The molecule has 22 heavy (non-hydrogen) atoms. The van der Waals surface area contributed by atoms with Crippen LogP contribution in [0.4, 0.5) is 5.69 Å². The minimum absolute atomic E-state index is 0.198. The number of benzene rings is 2. The van der Waals surface area contributed by atoms with Crippen molar-refractivity contribution in [1.82, 2.24) is 0 Å². The van der Waals surface area contributed by atoms with Crippen molar-refractivity contribution >= 4 is 39.1 Å². The lowest BCUT2D eigenvalue weighted by molar-refractivity contribution is -0.116. The minimum atomic E-state index is -0.241. The van der Waals surface area contributed by atoms with E-state index in [0.29, 0.717) is 26.9 Å². The molecular weight excluding hydrogens is 346 g/mol. The molecule has 0 radical (unpaired) electrons. The van der Waals surface area contributed by atoms with Gasteiger partial charge in [-0.3, -0.25) is 14.4 Å². The van der Waals surface area contributed by atoms with E-state index in [9.17, 15) is 14.4 Å². The molecule has 5 heteroatoms. The molecule has 0 aliphatic heterocycles. The lowest BCUT2D eigenvalue weighted by Crippen LogP contribution is -2.29. The first-order valence-electron chi connectivity index (χ1n) is 6.68. The van der Waals surface area contributed by atoms with E-state index in [2.05, 4.69) is 15.9 Å². The predicted octanol–water partition coefficient (Wildman–Crippen LogP) is 3.21. The largest absolute Gasteiger partial charge is 0.314 e. The number of hydrogen-bond donors (Lipinski definition) is 0. The lowest BCUT2D eigenvalue weighted by Gasteiger charge is -2.25. The highest BCUT2D eigenvalue weighted by Crippen LogP contribution is 2.38. The summed E-state index contributed by atoms with van der Waals surface area (Å²) in [7, 11) is 1.58. The first kappa shape index (κ1) is 14.7. The van der Waals surface area contributed by atoms with Crippen molar-refractivity contribution in [2.75, 3.05) is 11.9 Å². The van der Waals surface area contributed by atoms with Crippen molar-refractivity contribution in [2.45, 2.75) is 6.92 Å². The van der Waals surface area contributed by atoms with E-state index in [4.69, 9.17) is 0 Å². The molecule has 2 aromatic rings.